The van der Waals surface area contributed by atoms with Gasteiger partial charge in [-0.15, -0.1) is 0 Å². The summed E-state index contributed by atoms with van der Waals surface area (Å²) in [5.74, 6) is -0.956. The van der Waals surface area contributed by atoms with E-state index in [-0.39, 0.29) is 0 Å². The number of rotatable bonds is 1. The maximum Gasteiger partial charge on any atom is 0.323 e. The first-order valence-corrected chi connectivity index (χ1v) is 5.16. The first-order chi connectivity index (χ1) is 6.76. The summed E-state index contributed by atoms with van der Waals surface area (Å²) >= 11 is 0. The second-order valence-electron chi connectivity index (χ2n) is 5.07. The van der Waals surface area contributed by atoms with Crippen molar-refractivity contribution < 1.29 is 19.1 Å². The van der Waals surface area contributed by atoms with Crippen LogP contribution < -0.4 is 0 Å². The third-order valence-electron chi connectivity index (χ3n) is 2.35. The SMILES string of the molecule is CC(C)(C)OC(=O)[C@]1(C)CCCOC1=O. The zero-order valence-corrected chi connectivity index (χ0v) is 9.75. The maximum atomic E-state index is 11.8. The van der Waals surface area contributed by atoms with Crippen LogP contribution in [0.4, 0.5) is 0 Å². The van der Waals surface area contributed by atoms with Gasteiger partial charge in [-0.05, 0) is 40.5 Å². The van der Waals surface area contributed by atoms with E-state index in [1.54, 1.807) is 27.7 Å². The molecule has 0 aromatic heterocycles. The van der Waals surface area contributed by atoms with Gasteiger partial charge in [-0.25, -0.2) is 0 Å². The molecule has 1 aliphatic heterocycles. The molecular formula is C11H18O4. The van der Waals surface area contributed by atoms with Gasteiger partial charge in [0.05, 0.1) is 6.61 Å². The summed E-state index contributed by atoms with van der Waals surface area (Å²) in [7, 11) is 0. The maximum absolute atomic E-state index is 11.8. The van der Waals surface area contributed by atoms with Crippen LogP contribution in [0.5, 0.6) is 0 Å². The van der Waals surface area contributed by atoms with Crippen LogP contribution >= 0.6 is 0 Å². The highest BCUT2D eigenvalue weighted by atomic mass is 16.6. The number of carbonyl (C=O) groups is 2. The van der Waals surface area contributed by atoms with Crippen molar-refractivity contribution >= 4 is 11.9 Å². The van der Waals surface area contributed by atoms with Crippen molar-refractivity contribution in [2.45, 2.75) is 46.1 Å². The van der Waals surface area contributed by atoms with Crippen LogP contribution in [0.3, 0.4) is 0 Å². The highest BCUT2D eigenvalue weighted by Gasteiger charge is 2.47. The van der Waals surface area contributed by atoms with Gasteiger partial charge >= 0.3 is 11.9 Å². The molecule has 0 bridgehead atoms. The van der Waals surface area contributed by atoms with E-state index in [9.17, 15) is 9.59 Å². The Bertz CT molecular complexity index is 277. The molecule has 15 heavy (non-hydrogen) atoms. The van der Waals surface area contributed by atoms with E-state index >= 15 is 0 Å². The van der Waals surface area contributed by atoms with E-state index in [0.29, 0.717) is 19.4 Å². The van der Waals surface area contributed by atoms with Gasteiger partial charge in [0, 0.05) is 0 Å². The average Bonchev–Trinajstić information content (AvgIpc) is 2.07. The Morgan fingerprint density at radius 3 is 2.53 bits per heavy atom. The number of esters is 2. The van der Waals surface area contributed by atoms with E-state index in [1.807, 2.05) is 0 Å². The van der Waals surface area contributed by atoms with Gasteiger partial charge in [-0.3, -0.25) is 9.59 Å². The fraction of sp³-hybridized carbons (Fsp3) is 0.818. The molecule has 1 heterocycles. The monoisotopic (exact) mass is 214 g/mol. The molecule has 0 aliphatic carbocycles. The number of hydrogen-bond donors (Lipinski definition) is 0. The Morgan fingerprint density at radius 2 is 2.07 bits per heavy atom. The smallest absolute Gasteiger partial charge is 0.323 e. The minimum Gasteiger partial charge on any atom is -0.465 e. The van der Waals surface area contributed by atoms with Crippen LogP contribution in [0.1, 0.15) is 40.5 Å². The average molecular weight is 214 g/mol. The Kier molecular flexibility index (Phi) is 3.07. The minimum absolute atomic E-state index is 0.400. The van der Waals surface area contributed by atoms with Crippen molar-refractivity contribution in [1.82, 2.24) is 0 Å². The lowest BCUT2D eigenvalue weighted by Gasteiger charge is -2.32. The summed E-state index contributed by atoms with van der Waals surface area (Å²) in [6.07, 6.45) is 1.21. The van der Waals surface area contributed by atoms with Gasteiger partial charge in [0.1, 0.15) is 5.60 Å². The second kappa shape index (κ2) is 3.83. The van der Waals surface area contributed by atoms with Gasteiger partial charge in [-0.2, -0.15) is 0 Å². The fourth-order valence-electron chi connectivity index (χ4n) is 1.43. The standard InChI is InChI=1S/C11H18O4/c1-10(2,3)15-9(13)11(4)6-5-7-14-8(11)12/h5-7H2,1-4H3/t11-/m1/s1. The van der Waals surface area contributed by atoms with Crippen LogP contribution in [0.15, 0.2) is 0 Å². The van der Waals surface area contributed by atoms with Gasteiger partial charge in [0.2, 0.25) is 0 Å². The third kappa shape index (κ3) is 2.70. The van der Waals surface area contributed by atoms with Crippen LogP contribution in [-0.2, 0) is 19.1 Å². The molecule has 1 aliphatic rings. The van der Waals surface area contributed by atoms with Crippen LogP contribution in [0.25, 0.3) is 0 Å². The van der Waals surface area contributed by atoms with Crippen molar-refractivity contribution in [1.29, 1.82) is 0 Å². The van der Waals surface area contributed by atoms with Gasteiger partial charge in [0.25, 0.3) is 0 Å². The first-order valence-electron chi connectivity index (χ1n) is 5.16. The topological polar surface area (TPSA) is 52.6 Å². The predicted molar refractivity (Wildman–Crippen MR) is 54.1 cm³/mol. The quantitative estimate of drug-likeness (QED) is 0.492. The van der Waals surface area contributed by atoms with Crippen molar-refractivity contribution in [3.05, 3.63) is 0 Å². The summed E-state index contributed by atoms with van der Waals surface area (Å²) in [6.45, 7) is 7.33. The van der Waals surface area contributed by atoms with Crippen LogP contribution in [0.2, 0.25) is 0 Å². The lowest BCUT2D eigenvalue weighted by atomic mass is 9.84. The highest BCUT2D eigenvalue weighted by molar-refractivity contribution is 6.00. The Labute approximate surface area is 89.9 Å². The predicted octanol–water partition coefficient (Wildman–Crippen LogP) is 1.67. The molecule has 86 valence electrons. The third-order valence-corrected chi connectivity index (χ3v) is 2.35. The molecule has 4 nitrogen and oxygen atoms in total. The largest absolute Gasteiger partial charge is 0.465 e. The van der Waals surface area contributed by atoms with E-state index in [2.05, 4.69) is 0 Å². The van der Waals surface area contributed by atoms with Gasteiger partial charge in [0.15, 0.2) is 5.41 Å². The Morgan fingerprint density at radius 1 is 1.47 bits per heavy atom. The summed E-state index contributed by atoms with van der Waals surface area (Å²) in [4.78, 5) is 23.3. The molecule has 4 heteroatoms. The Balaban J connectivity index is 2.76. The minimum atomic E-state index is -1.12. The van der Waals surface area contributed by atoms with Crippen molar-refractivity contribution in [2.24, 2.45) is 5.41 Å². The zero-order valence-electron chi connectivity index (χ0n) is 9.75. The molecule has 1 fully saturated rings. The Hall–Kier alpha value is -1.06. The van der Waals surface area contributed by atoms with E-state index in [4.69, 9.17) is 9.47 Å². The molecular weight excluding hydrogens is 196 g/mol. The lowest BCUT2D eigenvalue weighted by molar-refractivity contribution is -0.183. The summed E-state index contributed by atoms with van der Waals surface area (Å²) in [6, 6.07) is 0. The molecule has 0 aromatic carbocycles. The molecule has 0 N–H and O–H groups in total. The van der Waals surface area contributed by atoms with Crippen molar-refractivity contribution in [3.63, 3.8) is 0 Å². The normalized spacial score (nSPS) is 27.1. The second-order valence-corrected chi connectivity index (χ2v) is 5.07. The molecule has 0 saturated carbocycles. The molecule has 0 amide bonds. The lowest BCUT2D eigenvalue weighted by Crippen LogP contribution is -2.45. The number of ether oxygens (including phenoxy) is 2. The van der Waals surface area contributed by atoms with Gasteiger partial charge < -0.3 is 9.47 Å². The first kappa shape index (κ1) is 12.0. The fourth-order valence-corrected chi connectivity index (χ4v) is 1.43. The molecule has 0 radical (unpaired) electrons. The highest BCUT2D eigenvalue weighted by Crippen LogP contribution is 2.32. The molecule has 0 unspecified atom stereocenters. The van der Waals surface area contributed by atoms with E-state index < -0.39 is 23.0 Å². The van der Waals surface area contributed by atoms with Gasteiger partial charge in [-0.1, -0.05) is 0 Å². The zero-order chi connectivity index (χ0) is 11.7. The van der Waals surface area contributed by atoms with Crippen molar-refractivity contribution in [3.8, 4) is 0 Å². The summed E-state index contributed by atoms with van der Waals surface area (Å²) in [5.41, 5.74) is -1.69. The van der Waals surface area contributed by atoms with E-state index in [0.717, 1.165) is 0 Å². The number of carbonyl (C=O) groups excluding carboxylic acids is 2. The summed E-state index contributed by atoms with van der Waals surface area (Å²) in [5, 5.41) is 0. The summed E-state index contributed by atoms with van der Waals surface area (Å²) < 4.78 is 10.1. The van der Waals surface area contributed by atoms with Crippen LogP contribution in [0, 0.1) is 5.41 Å². The molecule has 1 rings (SSSR count). The van der Waals surface area contributed by atoms with E-state index in [1.165, 1.54) is 0 Å². The number of hydrogen-bond acceptors (Lipinski definition) is 4. The van der Waals surface area contributed by atoms with Crippen LogP contribution in [-0.4, -0.2) is 24.1 Å². The molecule has 0 spiro atoms. The van der Waals surface area contributed by atoms with Crippen molar-refractivity contribution in [2.75, 3.05) is 6.61 Å². The molecule has 0 aromatic rings. The number of cyclic esters (lactones) is 1. The molecule has 1 saturated heterocycles. The molecule has 1 atom stereocenters.